The summed E-state index contributed by atoms with van der Waals surface area (Å²) in [5.74, 6) is 1.37. The lowest BCUT2D eigenvalue weighted by atomic mass is 10.1. The molecule has 1 N–H and O–H groups in total. The highest BCUT2D eigenvalue weighted by atomic mass is 16.5. The van der Waals surface area contributed by atoms with Gasteiger partial charge in [-0.1, -0.05) is 6.07 Å². The summed E-state index contributed by atoms with van der Waals surface area (Å²) < 4.78 is 11.0. The van der Waals surface area contributed by atoms with Crippen molar-refractivity contribution in [3.05, 3.63) is 53.2 Å². The average Bonchev–Trinajstić information content (AvgIpc) is 2.46. The molecule has 0 amide bonds. The van der Waals surface area contributed by atoms with E-state index < -0.39 is 6.10 Å². The number of ether oxygens (including phenoxy) is 2. The van der Waals surface area contributed by atoms with Crippen LogP contribution in [0.5, 0.6) is 11.6 Å². The Kier molecular flexibility index (Phi) is 4.58. The van der Waals surface area contributed by atoms with Gasteiger partial charge in [-0.25, -0.2) is 4.98 Å². The Morgan fingerprint density at radius 2 is 2.10 bits per heavy atom. The van der Waals surface area contributed by atoms with Crippen LogP contribution in [-0.2, 0) is 6.61 Å². The van der Waals surface area contributed by atoms with Crippen molar-refractivity contribution in [3.63, 3.8) is 0 Å². The predicted molar refractivity (Wildman–Crippen MR) is 76.9 cm³/mol. The standard InChI is InChI=1S/C16H19NO3/c1-11-9-13(12(2)18)6-7-15(11)20-10-14-5-4-8-17-16(14)19-3/h4-9,12,18H,10H2,1-3H3. The molecule has 4 nitrogen and oxygen atoms in total. The van der Waals surface area contributed by atoms with Crippen molar-refractivity contribution < 1.29 is 14.6 Å². The number of aliphatic hydroxyl groups is 1. The largest absolute Gasteiger partial charge is 0.488 e. The van der Waals surface area contributed by atoms with Crippen molar-refractivity contribution in [3.8, 4) is 11.6 Å². The van der Waals surface area contributed by atoms with Crippen LogP contribution in [0.3, 0.4) is 0 Å². The lowest BCUT2D eigenvalue weighted by Gasteiger charge is -2.13. The molecule has 1 unspecified atom stereocenters. The maximum absolute atomic E-state index is 9.55. The lowest BCUT2D eigenvalue weighted by Crippen LogP contribution is -2.01. The molecule has 0 radical (unpaired) electrons. The van der Waals surface area contributed by atoms with Crippen molar-refractivity contribution in [2.24, 2.45) is 0 Å². The number of hydrogen-bond donors (Lipinski definition) is 1. The van der Waals surface area contributed by atoms with Gasteiger partial charge in [-0.05, 0) is 49.2 Å². The van der Waals surface area contributed by atoms with E-state index in [1.165, 1.54) is 0 Å². The van der Waals surface area contributed by atoms with Gasteiger partial charge in [0, 0.05) is 6.20 Å². The molecule has 0 saturated heterocycles. The number of aliphatic hydroxyl groups excluding tert-OH is 1. The Morgan fingerprint density at radius 1 is 1.30 bits per heavy atom. The highest BCUT2D eigenvalue weighted by Gasteiger charge is 2.07. The number of benzene rings is 1. The van der Waals surface area contributed by atoms with Gasteiger partial charge in [-0.15, -0.1) is 0 Å². The van der Waals surface area contributed by atoms with Gasteiger partial charge in [-0.2, -0.15) is 0 Å². The molecule has 0 bridgehead atoms. The minimum atomic E-state index is -0.471. The molecule has 0 aliphatic rings. The number of pyridine rings is 1. The van der Waals surface area contributed by atoms with E-state index in [1.807, 2.05) is 37.3 Å². The molecule has 20 heavy (non-hydrogen) atoms. The molecular weight excluding hydrogens is 254 g/mol. The predicted octanol–water partition coefficient (Wildman–Crippen LogP) is 3.03. The van der Waals surface area contributed by atoms with Crippen LogP contribution in [0.25, 0.3) is 0 Å². The molecular formula is C16H19NO3. The van der Waals surface area contributed by atoms with Gasteiger partial charge >= 0.3 is 0 Å². The Hall–Kier alpha value is -2.07. The smallest absolute Gasteiger partial charge is 0.219 e. The Balaban J connectivity index is 2.11. The SMILES string of the molecule is COc1ncccc1COc1ccc(C(C)O)cc1C. The number of aryl methyl sites for hydroxylation is 1. The van der Waals surface area contributed by atoms with Gasteiger partial charge in [-0.3, -0.25) is 0 Å². The topological polar surface area (TPSA) is 51.6 Å². The number of methoxy groups -OCH3 is 1. The minimum absolute atomic E-state index is 0.395. The number of nitrogens with zero attached hydrogens (tertiary/aromatic N) is 1. The highest BCUT2D eigenvalue weighted by molar-refractivity contribution is 5.37. The van der Waals surface area contributed by atoms with Gasteiger partial charge in [0.15, 0.2) is 0 Å². The third kappa shape index (κ3) is 3.27. The molecule has 0 fully saturated rings. The summed E-state index contributed by atoms with van der Waals surface area (Å²) in [6.07, 6.45) is 1.21. The van der Waals surface area contributed by atoms with E-state index in [0.717, 1.165) is 22.4 Å². The summed E-state index contributed by atoms with van der Waals surface area (Å²) >= 11 is 0. The maximum Gasteiger partial charge on any atom is 0.219 e. The summed E-state index contributed by atoms with van der Waals surface area (Å²) in [5, 5.41) is 9.55. The van der Waals surface area contributed by atoms with Crippen LogP contribution in [0.2, 0.25) is 0 Å². The zero-order valence-electron chi connectivity index (χ0n) is 12.0. The summed E-state index contributed by atoms with van der Waals surface area (Å²) in [6.45, 7) is 4.10. The molecule has 1 aromatic heterocycles. The van der Waals surface area contributed by atoms with Crippen LogP contribution < -0.4 is 9.47 Å². The van der Waals surface area contributed by atoms with Crippen LogP contribution in [0.1, 0.15) is 29.7 Å². The van der Waals surface area contributed by atoms with Crippen molar-refractivity contribution >= 4 is 0 Å². The third-order valence-corrected chi connectivity index (χ3v) is 3.11. The number of rotatable bonds is 5. The van der Waals surface area contributed by atoms with Crippen LogP contribution in [0, 0.1) is 6.92 Å². The summed E-state index contributed by atoms with van der Waals surface area (Å²) in [7, 11) is 1.59. The quantitative estimate of drug-likeness (QED) is 0.909. The van der Waals surface area contributed by atoms with E-state index in [1.54, 1.807) is 20.2 Å². The van der Waals surface area contributed by atoms with Gasteiger partial charge in [0.1, 0.15) is 12.4 Å². The first-order valence-corrected chi connectivity index (χ1v) is 6.51. The molecule has 1 aromatic carbocycles. The van der Waals surface area contributed by atoms with Crippen molar-refractivity contribution in [1.29, 1.82) is 0 Å². The summed E-state index contributed by atoms with van der Waals surface area (Å²) in [4.78, 5) is 4.13. The molecule has 106 valence electrons. The van der Waals surface area contributed by atoms with Gasteiger partial charge in [0.25, 0.3) is 0 Å². The van der Waals surface area contributed by atoms with Crippen LogP contribution in [-0.4, -0.2) is 17.2 Å². The maximum atomic E-state index is 9.55. The summed E-state index contributed by atoms with van der Waals surface area (Å²) in [5.41, 5.74) is 2.77. The lowest BCUT2D eigenvalue weighted by molar-refractivity contribution is 0.199. The molecule has 0 aliphatic heterocycles. The normalized spacial score (nSPS) is 12.0. The molecule has 2 rings (SSSR count). The van der Waals surface area contributed by atoms with E-state index in [2.05, 4.69) is 4.98 Å². The van der Waals surface area contributed by atoms with E-state index in [4.69, 9.17) is 9.47 Å². The van der Waals surface area contributed by atoms with Crippen molar-refractivity contribution in [2.75, 3.05) is 7.11 Å². The van der Waals surface area contributed by atoms with E-state index >= 15 is 0 Å². The number of hydrogen-bond acceptors (Lipinski definition) is 4. The minimum Gasteiger partial charge on any atom is -0.488 e. The Morgan fingerprint density at radius 3 is 2.75 bits per heavy atom. The van der Waals surface area contributed by atoms with Gasteiger partial charge < -0.3 is 14.6 Å². The van der Waals surface area contributed by atoms with Gasteiger partial charge in [0.2, 0.25) is 5.88 Å². The van der Waals surface area contributed by atoms with Crippen LogP contribution in [0.4, 0.5) is 0 Å². The van der Waals surface area contributed by atoms with E-state index in [-0.39, 0.29) is 0 Å². The van der Waals surface area contributed by atoms with E-state index in [9.17, 15) is 5.11 Å². The first-order chi connectivity index (χ1) is 9.61. The van der Waals surface area contributed by atoms with E-state index in [0.29, 0.717) is 12.5 Å². The Labute approximate surface area is 119 Å². The van der Waals surface area contributed by atoms with Crippen molar-refractivity contribution in [1.82, 2.24) is 4.98 Å². The van der Waals surface area contributed by atoms with Gasteiger partial charge in [0.05, 0.1) is 18.8 Å². The zero-order chi connectivity index (χ0) is 14.5. The fourth-order valence-corrected chi connectivity index (χ4v) is 1.97. The van der Waals surface area contributed by atoms with Crippen LogP contribution >= 0.6 is 0 Å². The second-order valence-electron chi connectivity index (χ2n) is 4.66. The molecule has 0 aliphatic carbocycles. The van der Waals surface area contributed by atoms with Crippen molar-refractivity contribution in [2.45, 2.75) is 26.6 Å². The Bertz CT molecular complexity index is 582. The van der Waals surface area contributed by atoms with Crippen LogP contribution in [0.15, 0.2) is 36.5 Å². The second kappa shape index (κ2) is 6.39. The summed E-state index contributed by atoms with van der Waals surface area (Å²) in [6, 6.07) is 9.45. The first kappa shape index (κ1) is 14.3. The molecule has 2 aromatic rings. The molecule has 0 saturated carbocycles. The molecule has 1 heterocycles. The fraction of sp³-hybridized carbons (Fsp3) is 0.312. The molecule has 0 spiro atoms. The monoisotopic (exact) mass is 273 g/mol. The fourth-order valence-electron chi connectivity index (χ4n) is 1.97. The average molecular weight is 273 g/mol. The third-order valence-electron chi connectivity index (χ3n) is 3.11. The highest BCUT2D eigenvalue weighted by Crippen LogP contribution is 2.24. The number of aromatic nitrogens is 1. The second-order valence-corrected chi connectivity index (χ2v) is 4.66. The molecule has 1 atom stereocenters. The first-order valence-electron chi connectivity index (χ1n) is 6.51. The molecule has 4 heteroatoms. The zero-order valence-corrected chi connectivity index (χ0v) is 12.0.